The van der Waals surface area contributed by atoms with Crippen molar-refractivity contribution in [2.45, 2.75) is 95.7 Å². The fourth-order valence-corrected chi connectivity index (χ4v) is 9.40. The fourth-order valence-electron chi connectivity index (χ4n) is 6.58. The zero-order chi connectivity index (χ0) is 45.5. The van der Waals surface area contributed by atoms with Crippen LogP contribution in [0.25, 0.3) is 10.4 Å². The van der Waals surface area contributed by atoms with Crippen LogP contribution in [0, 0.1) is 41.5 Å². The summed E-state index contributed by atoms with van der Waals surface area (Å²) in [5.74, 6) is -2.10. The number of carbonyl (C=O) groups excluding carboxylic acids is 3. The number of nitrogens with one attached hydrogen (secondary N) is 4. The van der Waals surface area contributed by atoms with Gasteiger partial charge in [0.15, 0.2) is 0 Å². The van der Waals surface area contributed by atoms with Crippen molar-refractivity contribution in [3.05, 3.63) is 97.9 Å². The van der Waals surface area contributed by atoms with E-state index >= 15 is 0 Å². The summed E-state index contributed by atoms with van der Waals surface area (Å²) < 4.78 is 67.3. The Labute approximate surface area is 355 Å². The minimum Gasteiger partial charge on any atom is -0.497 e. The molecule has 0 bridgehead atoms. The summed E-state index contributed by atoms with van der Waals surface area (Å²) in [5.41, 5.74) is 25.3. The van der Waals surface area contributed by atoms with Gasteiger partial charge in [-0.05, 0) is 118 Å². The maximum absolute atomic E-state index is 13.7. The third-order valence-corrected chi connectivity index (χ3v) is 12.3. The lowest BCUT2D eigenvalue weighted by Gasteiger charge is -2.22. The second-order valence-electron chi connectivity index (χ2n) is 14.2. The van der Waals surface area contributed by atoms with Crippen LogP contribution < -0.4 is 36.3 Å². The molecule has 0 aromatic heterocycles. The van der Waals surface area contributed by atoms with Crippen molar-refractivity contribution < 1.29 is 40.7 Å². The number of hydrogen-bond donors (Lipinski definition) is 6. The first-order valence-corrected chi connectivity index (χ1v) is 21.9. The van der Waals surface area contributed by atoms with E-state index in [1.54, 1.807) is 76.2 Å². The number of hydrogen-bond acceptors (Lipinski definition) is 11. The molecule has 3 aromatic rings. The van der Waals surface area contributed by atoms with Crippen LogP contribution in [0.5, 0.6) is 5.75 Å². The van der Waals surface area contributed by atoms with Gasteiger partial charge in [-0.25, -0.2) is 31.1 Å². The molecule has 3 aromatic carbocycles. The maximum Gasteiger partial charge on any atom is 0.408 e. The number of aliphatic imine (C=N–C) groups is 2. The number of ether oxygens (including phenoxy) is 2. The summed E-state index contributed by atoms with van der Waals surface area (Å²) in [6.07, 6.45) is -1.04. The molecule has 2 atom stereocenters. The summed E-state index contributed by atoms with van der Waals surface area (Å²) in [6.45, 7) is 10.0. The summed E-state index contributed by atoms with van der Waals surface area (Å²) in [4.78, 5) is 50.2. The van der Waals surface area contributed by atoms with Crippen LogP contribution in [0.4, 0.5) is 4.79 Å². The number of carbonyl (C=O) groups is 3. The number of azide groups is 1. The van der Waals surface area contributed by atoms with Crippen LogP contribution in [-0.2, 0) is 41.0 Å². The quantitative estimate of drug-likeness (QED) is 0.0252. The number of benzene rings is 3. The van der Waals surface area contributed by atoms with Gasteiger partial charge in [-0.2, -0.15) is 0 Å². The lowest BCUT2D eigenvalue weighted by molar-refractivity contribution is -0.128. The van der Waals surface area contributed by atoms with E-state index in [2.05, 4.69) is 40.1 Å². The fraction of sp³-hybridized carbons (Fsp3) is 0.410. The van der Waals surface area contributed by atoms with Gasteiger partial charge in [-0.1, -0.05) is 47.5 Å². The van der Waals surface area contributed by atoms with E-state index in [0.717, 1.165) is 11.1 Å². The molecule has 0 saturated heterocycles. The smallest absolute Gasteiger partial charge is 0.408 e. The Morgan fingerprint density at radius 2 is 1.16 bits per heavy atom. The Morgan fingerprint density at radius 3 is 1.59 bits per heavy atom. The average molecular weight is 884 g/mol. The number of nitrogens with two attached hydrogens (primary N) is 2. The van der Waals surface area contributed by atoms with E-state index < -0.39 is 62.0 Å². The van der Waals surface area contributed by atoms with Crippen molar-refractivity contribution in [2.24, 2.45) is 26.6 Å². The largest absolute Gasteiger partial charge is 0.497 e. The normalized spacial score (nSPS) is 13.0. The molecule has 0 unspecified atom stereocenters. The predicted molar refractivity (Wildman–Crippen MR) is 230 cm³/mol. The highest BCUT2D eigenvalue weighted by Gasteiger charge is 2.27. The molecule has 0 aliphatic heterocycles. The van der Waals surface area contributed by atoms with E-state index in [9.17, 15) is 31.2 Å². The number of alkyl carbamates (subject to hydrolysis) is 1. The van der Waals surface area contributed by atoms with Crippen LogP contribution in [0.15, 0.2) is 73.4 Å². The molecule has 22 heteroatoms. The SMILES string of the molecule is COc1ccc(COC(=O)N[C@@H](CCCN=C(N)NS(=O)(=O)c2c(C)cc(C)cc2C)C(=O)N[C@@H](CCCN=C(N)NS(=O)(=O)c2c(C)cc(C)cc2C)C(=O)N=[N+]=[N-])cc1. The van der Waals surface area contributed by atoms with E-state index in [-0.39, 0.29) is 55.2 Å². The Bertz CT molecular complexity index is 2370. The monoisotopic (exact) mass is 883 g/mol. The molecular weight excluding hydrogens is 831 g/mol. The van der Waals surface area contributed by atoms with Gasteiger partial charge in [0.25, 0.3) is 20.0 Å². The topological polar surface area (TPSA) is 312 Å². The Balaban J connectivity index is 1.72. The van der Waals surface area contributed by atoms with Gasteiger partial charge in [0, 0.05) is 18.0 Å². The summed E-state index contributed by atoms with van der Waals surface area (Å²) >= 11 is 0. The molecule has 3 rings (SSSR count). The van der Waals surface area contributed by atoms with Gasteiger partial charge >= 0.3 is 6.09 Å². The molecular formula is C39H53N11O9S2. The van der Waals surface area contributed by atoms with Crippen LogP contribution in [0.1, 0.15) is 64.6 Å². The summed E-state index contributed by atoms with van der Waals surface area (Å²) in [7, 11) is -6.65. The Hall–Kier alpha value is -6.38. The third kappa shape index (κ3) is 15.0. The highest BCUT2D eigenvalue weighted by molar-refractivity contribution is 7.90. The molecule has 0 radical (unpaired) electrons. The lowest BCUT2D eigenvalue weighted by Crippen LogP contribution is -2.51. The number of aryl methyl sites for hydroxylation is 6. The predicted octanol–water partition coefficient (Wildman–Crippen LogP) is 3.61. The number of sulfonamides is 2. The first-order chi connectivity index (χ1) is 28.7. The van der Waals surface area contributed by atoms with Crippen LogP contribution in [-0.4, -0.2) is 78.9 Å². The van der Waals surface area contributed by atoms with Gasteiger partial charge < -0.3 is 31.6 Å². The van der Waals surface area contributed by atoms with Crippen molar-refractivity contribution in [3.63, 3.8) is 0 Å². The van der Waals surface area contributed by atoms with Gasteiger partial charge in [-0.3, -0.25) is 19.6 Å². The van der Waals surface area contributed by atoms with Crippen molar-refractivity contribution in [2.75, 3.05) is 20.2 Å². The van der Waals surface area contributed by atoms with E-state index in [0.29, 0.717) is 33.6 Å². The molecule has 20 nitrogen and oxygen atoms in total. The van der Waals surface area contributed by atoms with E-state index in [1.165, 1.54) is 7.11 Å². The number of methoxy groups -OCH3 is 1. The summed E-state index contributed by atoms with van der Waals surface area (Å²) in [6, 6.07) is 10.9. The van der Waals surface area contributed by atoms with Crippen molar-refractivity contribution >= 4 is 49.9 Å². The van der Waals surface area contributed by atoms with Gasteiger partial charge in [0.2, 0.25) is 23.7 Å². The second kappa shape index (κ2) is 22.3. The molecule has 0 saturated carbocycles. The lowest BCUT2D eigenvalue weighted by atomic mass is 10.1. The average Bonchev–Trinajstić information content (AvgIpc) is 3.15. The third-order valence-electron chi connectivity index (χ3n) is 8.99. The number of rotatable bonds is 19. The van der Waals surface area contributed by atoms with Crippen LogP contribution >= 0.6 is 0 Å². The Kier molecular flexibility index (Phi) is 17.9. The molecule has 0 spiro atoms. The van der Waals surface area contributed by atoms with Gasteiger partial charge in [0.1, 0.15) is 18.4 Å². The number of nitrogens with zero attached hydrogens (tertiary/aromatic N) is 5. The van der Waals surface area contributed by atoms with Crippen LogP contribution in [0.3, 0.4) is 0 Å². The zero-order valence-corrected chi connectivity index (χ0v) is 36.7. The molecule has 0 heterocycles. The Morgan fingerprint density at radius 1 is 0.721 bits per heavy atom. The molecule has 3 amide bonds. The van der Waals surface area contributed by atoms with Crippen LogP contribution in [0.2, 0.25) is 0 Å². The van der Waals surface area contributed by atoms with Gasteiger partial charge in [0.05, 0.1) is 22.9 Å². The minimum atomic E-state index is -4.08. The second-order valence-corrected chi connectivity index (χ2v) is 17.4. The molecule has 8 N–H and O–H groups in total. The highest BCUT2D eigenvalue weighted by Crippen LogP contribution is 2.23. The maximum atomic E-state index is 13.7. The first-order valence-electron chi connectivity index (χ1n) is 18.9. The first kappa shape index (κ1) is 49.0. The minimum absolute atomic E-state index is 0.0647. The molecule has 61 heavy (non-hydrogen) atoms. The molecule has 0 aliphatic carbocycles. The van der Waals surface area contributed by atoms with Gasteiger partial charge in [-0.15, -0.1) is 0 Å². The van der Waals surface area contributed by atoms with Crippen molar-refractivity contribution in [3.8, 4) is 5.75 Å². The zero-order valence-electron chi connectivity index (χ0n) is 35.1. The van der Waals surface area contributed by atoms with Crippen molar-refractivity contribution in [1.29, 1.82) is 0 Å². The number of guanidine groups is 2. The molecule has 330 valence electrons. The highest BCUT2D eigenvalue weighted by atomic mass is 32.2. The molecule has 0 fully saturated rings. The summed E-state index contributed by atoms with van der Waals surface area (Å²) in [5, 5.41) is 8.08. The standard InChI is InChI=1S/C39H53N11O9S2/c1-23-18-25(3)33(26(4)19-23)60(54,55)48-37(40)43-16-8-10-31(46-39(53)59-22-29-12-14-30(58-7)15-13-29)35(51)45-32(36(52)47-50-42)11-9-17-44-38(41)49-61(56,57)34-27(5)20-24(2)21-28(34)6/h12-15,18-21,31-32H,8-11,16-17,22H2,1-7H3,(H,45,51)(H,46,53)(H3,40,43,48)(H3,41,44,49)/t31-,32-/m0/s1. The van der Waals surface area contributed by atoms with Crippen molar-refractivity contribution in [1.82, 2.24) is 20.1 Å². The van der Waals surface area contributed by atoms with E-state index in [4.69, 9.17) is 26.5 Å². The number of amides is 3. The molecule has 0 aliphatic rings. The van der Waals surface area contributed by atoms with E-state index in [1.807, 2.05) is 13.8 Å².